The van der Waals surface area contributed by atoms with Crippen molar-refractivity contribution in [2.24, 2.45) is 0 Å². The summed E-state index contributed by atoms with van der Waals surface area (Å²) in [6, 6.07) is 3.60. The Kier molecular flexibility index (Phi) is 4.52. The molecule has 2 heterocycles. The third-order valence-corrected chi connectivity index (χ3v) is 2.89. The van der Waals surface area contributed by atoms with Gasteiger partial charge in [-0.25, -0.2) is 4.68 Å². The van der Waals surface area contributed by atoms with Gasteiger partial charge in [-0.15, -0.1) is 0 Å². The van der Waals surface area contributed by atoms with Crippen LogP contribution in [0.4, 0.5) is 0 Å². The van der Waals surface area contributed by atoms with Gasteiger partial charge in [-0.3, -0.25) is 9.48 Å². The highest BCUT2D eigenvalue weighted by atomic mass is 16.5. The molecule has 0 unspecified atom stereocenters. The van der Waals surface area contributed by atoms with Crippen molar-refractivity contribution in [2.45, 2.75) is 26.7 Å². The van der Waals surface area contributed by atoms with E-state index in [1.54, 1.807) is 36.0 Å². The summed E-state index contributed by atoms with van der Waals surface area (Å²) in [5.41, 5.74) is 1.26. The van der Waals surface area contributed by atoms with Crippen molar-refractivity contribution in [3.63, 3.8) is 0 Å². The number of aromatic nitrogens is 4. The number of ether oxygens (including phenoxy) is 1. The van der Waals surface area contributed by atoms with E-state index in [0.717, 1.165) is 12.2 Å². The molecule has 0 aliphatic rings. The first kappa shape index (κ1) is 14.3. The number of nitrogens with zero attached hydrogens (tertiary/aromatic N) is 5. The second-order valence-electron chi connectivity index (χ2n) is 4.48. The van der Waals surface area contributed by atoms with Gasteiger partial charge in [0.05, 0.1) is 12.2 Å². The number of aryl methyl sites for hydroxylation is 1. The molecule has 0 bridgehead atoms. The first-order valence-corrected chi connectivity index (χ1v) is 6.44. The van der Waals surface area contributed by atoms with Gasteiger partial charge in [-0.05, 0) is 19.1 Å². The maximum atomic E-state index is 12.2. The first-order valence-electron chi connectivity index (χ1n) is 6.44. The van der Waals surface area contributed by atoms with Crippen molar-refractivity contribution in [2.75, 3.05) is 14.2 Å². The summed E-state index contributed by atoms with van der Waals surface area (Å²) in [6.45, 7) is 3.63. The monoisotopic (exact) mass is 277 g/mol. The van der Waals surface area contributed by atoms with Gasteiger partial charge in [0, 0.05) is 33.1 Å². The van der Waals surface area contributed by atoms with E-state index in [1.807, 2.05) is 23.9 Å². The minimum Gasteiger partial charge on any atom is -0.362 e. The van der Waals surface area contributed by atoms with Crippen LogP contribution in [0.25, 0.3) is 0 Å². The topological polar surface area (TPSA) is 65.2 Å². The molecule has 0 aliphatic heterocycles. The lowest BCUT2D eigenvalue weighted by Gasteiger charge is -2.14. The zero-order valence-corrected chi connectivity index (χ0v) is 12.0. The van der Waals surface area contributed by atoms with Gasteiger partial charge in [-0.2, -0.15) is 10.2 Å². The van der Waals surface area contributed by atoms with Crippen LogP contribution in [-0.4, -0.2) is 44.5 Å². The normalized spacial score (nSPS) is 10.8. The van der Waals surface area contributed by atoms with E-state index >= 15 is 0 Å². The van der Waals surface area contributed by atoms with Crippen LogP contribution in [-0.2, 0) is 24.6 Å². The summed E-state index contributed by atoms with van der Waals surface area (Å²) in [6.07, 6.45) is 3.62. The van der Waals surface area contributed by atoms with Gasteiger partial charge in [0.15, 0.2) is 0 Å². The van der Waals surface area contributed by atoms with E-state index in [4.69, 9.17) is 4.74 Å². The number of carbonyl (C=O) groups is 1. The van der Waals surface area contributed by atoms with Crippen LogP contribution >= 0.6 is 0 Å². The Morgan fingerprint density at radius 1 is 1.30 bits per heavy atom. The van der Waals surface area contributed by atoms with Crippen molar-refractivity contribution in [1.29, 1.82) is 0 Å². The molecule has 7 heteroatoms. The Balaban J connectivity index is 2.00. The van der Waals surface area contributed by atoms with Gasteiger partial charge >= 0.3 is 0 Å². The molecule has 2 rings (SSSR count). The maximum Gasteiger partial charge on any atom is 0.274 e. The first-order chi connectivity index (χ1) is 9.63. The van der Waals surface area contributed by atoms with Crippen molar-refractivity contribution >= 4 is 5.91 Å². The number of amides is 1. The molecule has 2 aromatic rings. The van der Waals surface area contributed by atoms with E-state index < -0.39 is 0 Å². The highest BCUT2D eigenvalue weighted by Gasteiger charge is 2.15. The highest BCUT2D eigenvalue weighted by molar-refractivity contribution is 5.91. The minimum absolute atomic E-state index is 0.133. The molecular formula is C13H19N5O2. The predicted molar refractivity (Wildman–Crippen MR) is 72.9 cm³/mol. The Morgan fingerprint density at radius 2 is 2.05 bits per heavy atom. The van der Waals surface area contributed by atoms with E-state index in [9.17, 15) is 4.79 Å². The predicted octanol–water partition coefficient (Wildman–Crippen LogP) is 0.976. The summed E-state index contributed by atoms with van der Waals surface area (Å²) in [5, 5.41) is 8.52. The fourth-order valence-electron chi connectivity index (χ4n) is 1.85. The Bertz CT molecular complexity index is 575. The van der Waals surface area contributed by atoms with Crippen molar-refractivity contribution in [3.05, 3.63) is 35.9 Å². The quantitative estimate of drug-likeness (QED) is 0.789. The van der Waals surface area contributed by atoms with Crippen molar-refractivity contribution < 1.29 is 9.53 Å². The van der Waals surface area contributed by atoms with Gasteiger partial charge in [0.1, 0.15) is 12.4 Å². The summed E-state index contributed by atoms with van der Waals surface area (Å²) >= 11 is 0. The lowest BCUT2D eigenvalue weighted by atomic mass is 10.3. The molecule has 0 radical (unpaired) electrons. The van der Waals surface area contributed by atoms with Gasteiger partial charge in [0.25, 0.3) is 5.91 Å². The smallest absolute Gasteiger partial charge is 0.274 e. The fourth-order valence-corrected chi connectivity index (χ4v) is 1.85. The molecule has 0 saturated carbocycles. The number of carbonyl (C=O) groups excluding carboxylic acids is 1. The summed E-state index contributed by atoms with van der Waals surface area (Å²) in [4.78, 5) is 13.8. The zero-order valence-electron chi connectivity index (χ0n) is 12.0. The fraction of sp³-hybridized carbons (Fsp3) is 0.462. The molecule has 0 aromatic carbocycles. The molecule has 1 amide bonds. The average molecular weight is 277 g/mol. The van der Waals surface area contributed by atoms with Crippen LogP contribution < -0.4 is 0 Å². The van der Waals surface area contributed by atoms with Crippen LogP contribution in [0.15, 0.2) is 24.5 Å². The van der Waals surface area contributed by atoms with Crippen LogP contribution in [0, 0.1) is 0 Å². The standard InChI is InChI=1S/C13H19N5O2/c1-4-17-7-5-11(14-17)9-16(2)13(19)12-6-8-18(15-12)10-20-3/h5-8H,4,9-10H2,1-3H3. The Hall–Kier alpha value is -2.15. The molecule has 0 spiro atoms. The zero-order chi connectivity index (χ0) is 14.5. The molecule has 0 N–H and O–H groups in total. The number of hydrogen-bond donors (Lipinski definition) is 0. The SMILES string of the molecule is CCn1ccc(CN(C)C(=O)c2ccn(COC)n2)n1. The molecule has 7 nitrogen and oxygen atoms in total. The van der Waals surface area contributed by atoms with E-state index in [0.29, 0.717) is 19.0 Å². The summed E-state index contributed by atoms with van der Waals surface area (Å²) < 4.78 is 8.37. The molecule has 0 saturated heterocycles. The molecule has 20 heavy (non-hydrogen) atoms. The molecule has 0 aliphatic carbocycles. The number of hydrogen-bond acceptors (Lipinski definition) is 4. The molecule has 108 valence electrons. The number of methoxy groups -OCH3 is 1. The van der Waals surface area contributed by atoms with E-state index in [2.05, 4.69) is 10.2 Å². The van der Waals surface area contributed by atoms with Crippen LogP contribution in [0.1, 0.15) is 23.1 Å². The van der Waals surface area contributed by atoms with Crippen molar-refractivity contribution in [3.8, 4) is 0 Å². The second kappa shape index (κ2) is 6.33. The van der Waals surface area contributed by atoms with Gasteiger partial charge < -0.3 is 9.64 Å². The maximum absolute atomic E-state index is 12.2. The summed E-state index contributed by atoms with van der Waals surface area (Å²) in [7, 11) is 3.32. The Morgan fingerprint density at radius 3 is 2.70 bits per heavy atom. The average Bonchev–Trinajstić information content (AvgIpc) is 3.07. The molecular weight excluding hydrogens is 258 g/mol. The van der Waals surface area contributed by atoms with Crippen LogP contribution in [0.5, 0.6) is 0 Å². The second-order valence-corrected chi connectivity index (χ2v) is 4.48. The van der Waals surface area contributed by atoms with E-state index in [1.165, 1.54) is 0 Å². The minimum atomic E-state index is -0.133. The molecule has 0 fully saturated rings. The van der Waals surface area contributed by atoms with Crippen molar-refractivity contribution in [1.82, 2.24) is 24.5 Å². The van der Waals surface area contributed by atoms with Crippen LogP contribution in [0.2, 0.25) is 0 Å². The van der Waals surface area contributed by atoms with Gasteiger partial charge in [-0.1, -0.05) is 0 Å². The summed E-state index contributed by atoms with van der Waals surface area (Å²) in [5.74, 6) is -0.133. The highest BCUT2D eigenvalue weighted by Crippen LogP contribution is 2.06. The van der Waals surface area contributed by atoms with E-state index in [-0.39, 0.29) is 5.91 Å². The van der Waals surface area contributed by atoms with Gasteiger partial charge in [0.2, 0.25) is 0 Å². The lowest BCUT2D eigenvalue weighted by molar-refractivity contribution is 0.0771. The Labute approximate surface area is 117 Å². The lowest BCUT2D eigenvalue weighted by Crippen LogP contribution is -2.27. The molecule has 2 aromatic heterocycles. The molecule has 0 atom stereocenters. The largest absolute Gasteiger partial charge is 0.362 e. The number of rotatable bonds is 6. The van der Waals surface area contributed by atoms with Crippen LogP contribution in [0.3, 0.4) is 0 Å². The third-order valence-electron chi connectivity index (χ3n) is 2.89. The third kappa shape index (κ3) is 3.24.